The van der Waals surface area contributed by atoms with Gasteiger partial charge in [-0.15, -0.1) is 0 Å². The van der Waals surface area contributed by atoms with Gasteiger partial charge in [-0.1, -0.05) is 0 Å². The van der Waals surface area contributed by atoms with Crippen LogP contribution in [0.1, 0.15) is 50.9 Å². The van der Waals surface area contributed by atoms with Crippen LogP contribution in [0.15, 0.2) is 12.1 Å². The fourth-order valence-electron chi connectivity index (χ4n) is 2.09. The molecule has 0 radical (unpaired) electrons. The molecule has 0 spiro atoms. The number of rotatable bonds is 7. The fraction of sp³-hybridized carbons (Fsp3) is 0.500. The first kappa shape index (κ1) is 22.5. The third-order valence-corrected chi connectivity index (χ3v) is 3.26. The van der Waals surface area contributed by atoms with Crippen molar-refractivity contribution >= 4 is 17.8 Å². The highest BCUT2D eigenvalue weighted by Gasteiger charge is 2.27. The summed E-state index contributed by atoms with van der Waals surface area (Å²) < 4.78 is 49.8. The van der Waals surface area contributed by atoms with Crippen molar-refractivity contribution in [3.05, 3.63) is 35.1 Å². The van der Waals surface area contributed by atoms with Gasteiger partial charge in [0, 0.05) is 6.42 Å². The first-order valence-electron chi connectivity index (χ1n) is 8.29. The van der Waals surface area contributed by atoms with Crippen LogP contribution in [0.5, 0.6) is 0 Å². The van der Waals surface area contributed by atoms with Crippen LogP contribution in [0.3, 0.4) is 0 Å². The van der Waals surface area contributed by atoms with Crippen LogP contribution in [0.25, 0.3) is 0 Å². The minimum atomic E-state index is -1.75. The molecule has 150 valence electrons. The van der Waals surface area contributed by atoms with E-state index in [1.807, 2.05) is 0 Å². The lowest BCUT2D eigenvalue weighted by molar-refractivity contribution is -0.145. The van der Waals surface area contributed by atoms with Gasteiger partial charge in [0.2, 0.25) is 0 Å². The number of esters is 1. The highest BCUT2D eigenvalue weighted by Crippen LogP contribution is 2.18. The summed E-state index contributed by atoms with van der Waals surface area (Å²) in [6, 6.07) is 0.224. The van der Waals surface area contributed by atoms with Gasteiger partial charge in [-0.3, -0.25) is 4.79 Å². The van der Waals surface area contributed by atoms with Gasteiger partial charge in [-0.2, -0.15) is 0 Å². The van der Waals surface area contributed by atoms with E-state index in [-0.39, 0.29) is 13.0 Å². The number of hydrogen-bond acceptors (Lipinski definition) is 5. The standard InChI is InChI=1S/C18H22F3NO5/c1-5-26-16(24)12(22-17(25)27-18(2,3)4)8-9-13(23)10-6-7-11(19)15(21)14(10)20/h6-7,12H,5,8-9H2,1-4H3,(H,22,25)/t12-/m1/s1. The number of amides is 1. The van der Waals surface area contributed by atoms with Crippen molar-refractivity contribution < 1.29 is 37.0 Å². The summed E-state index contributed by atoms with van der Waals surface area (Å²) in [6.07, 6.45) is -1.55. The number of Topliss-reactive ketones (excluding diaryl/α,β-unsaturated/α-hetero) is 1. The molecule has 0 saturated heterocycles. The maximum atomic E-state index is 13.7. The second-order valence-electron chi connectivity index (χ2n) is 6.64. The quantitative estimate of drug-likeness (QED) is 0.438. The molecule has 1 amide bonds. The normalized spacial score (nSPS) is 12.3. The van der Waals surface area contributed by atoms with E-state index in [4.69, 9.17) is 9.47 Å². The molecule has 0 aliphatic heterocycles. The maximum absolute atomic E-state index is 13.7. The van der Waals surface area contributed by atoms with Crippen LogP contribution in [-0.2, 0) is 14.3 Å². The minimum Gasteiger partial charge on any atom is -0.464 e. The molecule has 27 heavy (non-hydrogen) atoms. The molecule has 0 unspecified atom stereocenters. The Hall–Kier alpha value is -2.58. The fourth-order valence-corrected chi connectivity index (χ4v) is 2.09. The summed E-state index contributed by atoms with van der Waals surface area (Å²) in [5.74, 6) is -6.43. The molecule has 1 aromatic rings. The zero-order chi connectivity index (χ0) is 20.8. The molecule has 1 rings (SSSR count). The molecule has 0 aliphatic carbocycles. The Morgan fingerprint density at radius 3 is 2.30 bits per heavy atom. The lowest BCUT2D eigenvalue weighted by Gasteiger charge is -2.22. The summed E-state index contributed by atoms with van der Waals surface area (Å²) in [5.41, 5.74) is -1.46. The summed E-state index contributed by atoms with van der Waals surface area (Å²) in [6.45, 7) is 6.48. The van der Waals surface area contributed by atoms with Gasteiger partial charge in [0.1, 0.15) is 11.6 Å². The zero-order valence-corrected chi connectivity index (χ0v) is 15.5. The summed E-state index contributed by atoms with van der Waals surface area (Å²) in [5, 5.41) is 2.28. The van der Waals surface area contributed by atoms with Crippen molar-refractivity contribution in [3.63, 3.8) is 0 Å². The molecule has 0 fully saturated rings. The predicted octanol–water partition coefficient (Wildman–Crippen LogP) is 3.52. The van der Waals surface area contributed by atoms with Crippen molar-refractivity contribution in [2.75, 3.05) is 6.61 Å². The van der Waals surface area contributed by atoms with E-state index in [0.29, 0.717) is 6.07 Å². The number of nitrogens with one attached hydrogen (secondary N) is 1. The Bertz CT molecular complexity index is 716. The molecule has 0 bridgehead atoms. The molecule has 1 aromatic carbocycles. The van der Waals surface area contributed by atoms with E-state index in [1.54, 1.807) is 27.7 Å². The SMILES string of the molecule is CCOC(=O)[C@@H](CCC(=O)c1ccc(F)c(F)c1F)NC(=O)OC(C)(C)C. The maximum Gasteiger partial charge on any atom is 0.408 e. The molecule has 0 aromatic heterocycles. The predicted molar refractivity (Wildman–Crippen MR) is 89.7 cm³/mol. The monoisotopic (exact) mass is 389 g/mol. The lowest BCUT2D eigenvalue weighted by Crippen LogP contribution is -2.44. The largest absolute Gasteiger partial charge is 0.464 e. The van der Waals surface area contributed by atoms with Crippen LogP contribution in [0, 0.1) is 17.5 Å². The summed E-state index contributed by atoms with van der Waals surface area (Å²) in [7, 11) is 0. The van der Waals surface area contributed by atoms with Gasteiger partial charge in [-0.05, 0) is 46.2 Å². The van der Waals surface area contributed by atoms with Crippen LogP contribution >= 0.6 is 0 Å². The van der Waals surface area contributed by atoms with Gasteiger partial charge >= 0.3 is 12.1 Å². The van der Waals surface area contributed by atoms with E-state index >= 15 is 0 Å². The van der Waals surface area contributed by atoms with Crippen LogP contribution in [0.4, 0.5) is 18.0 Å². The first-order chi connectivity index (χ1) is 12.5. The molecular weight excluding hydrogens is 367 g/mol. The topological polar surface area (TPSA) is 81.7 Å². The number of alkyl carbamates (subject to hydrolysis) is 1. The second kappa shape index (κ2) is 9.38. The highest BCUT2D eigenvalue weighted by molar-refractivity contribution is 5.96. The Morgan fingerprint density at radius 2 is 1.74 bits per heavy atom. The smallest absolute Gasteiger partial charge is 0.408 e. The van der Waals surface area contributed by atoms with Gasteiger partial charge in [0.25, 0.3) is 0 Å². The van der Waals surface area contributed by atoms with Gasteiger partial charge in [-0.25, -0.2) is 22.8 Å². The van der Waals surface area contributed by atoms with Crippen molar-refractivity contribution in [2.24, 2.45) is 0 Å². The van der Waals surface area contributed by atoms with Crippen molar-refractivity contribution in [1.29, 1.82) is 0 Å². The van der Waals surface area contributed by atoms with Gasteiger partial charge < -0.3 is 14.8 Å². The molecular formula is C18H22F3NO5. The van der Waals surface area contributed by atoms with Crippen molar-refractivity contribution in [2.45, 2.75) is 52.2 Å². The first-order valence-corrected chi connectivity index (χ1v) is 8.29. The molecule has 6 nitrogen and oxygen atoms in total. The Labute approximate surface area is 155 Å². The molecule has 1 atom stereocenters. The van der Waals surface area contributed by atoms with Crippen molar-refractivity contribution in [1.82, 2.24) is 5.32 Å². The molecule has 0 aliphatic rings. The van der Waals surface area contributed by atoms with E-state index in [0.717, 1.165) is 6.07 Å². The van der Waals surface area contributed by atoms with Crippen molar-refractivity contribution in [3.8, 4) is 0 Å². The third kappa shape index (κ3) is 6.92. The number of ketones is 1. The number of hydrogen-bond donors (Lipinski definition) is 1. The lowest BCUT2D eigenvalue weighted by atomic mass is 10.0. The molecule has 0 heterocycles. The minimum absolute atomic E-state index is 0.0388. The average molecular weight is 389 g/mol. The molecule has 0 saturated carbocycles. The third-order valence-electron chi connectivity index (χ3n) is 3.26. The van der Waals surface area contributed by atoms with E-state index in [9.17, 15) is 27.6 Å². The Morgan fingerprint density at radius 1 is 1.11 bits per heavy atom. The Balaban J connectivity index is 2.84. The van der Waals surface area contributed by atoms with Gasteiger partial charge in [0.05, 0.1) is 12.2 Å². The van der Waals surface area contributed by atoms with Crippen LogP contribution in [0.2, 0.25) is 0 Å². The summed E-state index contributed by atoms with van der Waals surface area (Å²) in [4.78, 5) is 35.9. The number of benzene rings is 1. The van der Waals surface area contributed by atoms with Gasteiger partial charge in [0.15, 0.2) is 23.2 Å². The average Bonchev–Trinajstić information content (AvgIpc) is 2.54. The van der Waals surface area contributed by atoms with E-state index < -0.39 is 58.9 Å². The van der Waals surface area contributed by atoms with Crippen LogP contribution in [-0.4, -0.2) is 36.1 Å². The second-order valence-corrected chi connectivity index (χ2v) is 6.64. The van der Waals surface area contributed by atoms with E-state index in [2.05, 4.69) is 5.32 Å². The zero-order valence-electron chi connectivity index (χ0n) is 15.5. The highest BCUT2D eigenvalue weighted by atomic mass is 19.2. The number of ether oxygens (including phenoxy) is 2. The number of carbonyl (C=O) groups is 3. The number of halogens is 3. The Kier molecular flexibility index (Phi) is 7.81. The molecule has 1 N–H and O–H groups in total. The van der Waals surface area contributed by atoms with E-state index in [1.165, 1.54) is 0 Å². The van der Waals surface area contributed by atoms with Crippen LogP contribution < -0.4 is 5.32 Å². The summed E-state index contributed by atoms with van der Waals surface area (Å²) >= 11 is 0. The number of carbonyl (C=O) groups excluding carboxylic acids is 3. The molecule has 9 heteroatoms.